The summed E-state index contributed by atoms with van der Waals surface area (Å²) in [4.78, 5) is 24.6. The Kier molecular flexibility index (Phi) is 10.5. The first-order chi connectivity index (χ1) is 12.8. The summed E-state index contributed by atoms with van der Waals surface area (Å²) in [5.41, 5.74) is 4.85. The molecule has 1 aliphatic rings. The highest BCUT2D eigenvalue weighted by Crippen LogP contribution is 2.19. The van der Waals surface area contributed by atoms with Crippen molar-refractivity contribution in [1.82, 2.24) is 9.80 Å². The number of carboxylic acids is 1. The molecule has 0 spiro atoms. The number of nitrogens with two attached hydrogens (primary N) is 1. The normalized spacial score (nSPS) is 18.7. The molecule has 1 aliphatic heterocycles. The highest BCUT2D eigenvalue weighted by Gasteiger charge is 2.34. The molecule has 1 saturated heterocycles. The average molecular weight is 383 g/mol. The third-order valence-corrected chi connectivity index (χ3v) is 4.88. The van der Waals surface area contributed by atoms with Crippen LogP contribution >= 0.6 is 0 Å². The Labute approximate surface area is 162 Å². The van der Waals surface area contributed by atoms with Crippen LogP contribution in [0, 0.1) is 0 Å². The Morgan fingerprint density at radius 2 is 1.89 bits per heavy atom. The quantitative estimate of drug-likeness (QED) is 0.179. The predicted octanol–water partition coefficient (Wildman–Crippen LogP) is -0.114. The molecule has 1 heterocycles. The smallest absolute Gasteiger partial charge is 0.451 e. The second kappa shape index (κ2) is 12.1. The van der Waals surface area contributed by atoms with Crippen LogP contribution in [0.5, 0.6) is 0 Å². The molecule has 10 heteroatoms. The molecule has 27 heavy (non-hydrogen) atoms. The molecular weight excluding hydrogens is 349 g/mol. The second-order valence-corrected chi connectivity index (χ2v) is 7.01. The molecule has 154 valence electrons. The van der Waals surface area contributed by atoms with Gasteiger partial charge in [0, 0.05) is 46.0 Å². The summed E-state index contributed by atoms with van der Waals surface area (Å²) in [7, 11) is 0.386. The van der Waals surface area contributed by atoms with Crippen molar-refractivity contribution >= 4 is 25.3 Å². The van der Waals surface area contributed by atoms with Gasteiger partial charge in [-0.3, -0.25) is 14.7 Å². The van der Waals surface area contributed by atoms with Crippen LogP contribution in [0.3, 0.4) is 0 Å². The number of aliphatic carboxylic acids is 1. The van der Waals surface area contributed by atoms with Crippen LogP contribution in [0.25, 0.3) is 0 Å². The van der Waals surface area contributed by atoms with E-state index in [1.54, 1.807) is 7.05 Å². The molecule has 0 bridgehead atoms. The molecule has 0 aromatic heterocycles. The third-order valence-electron chi connectivity index (χ3n) is 4.88. The fourth-order valence-electron chi connectivity index (χ4n) is 3.09. The zero-order chi connectivity index (χ0) is 20.3. The van der Waals surface area contributed by atoms with Crippen LogP contribution in [0.15, 0.2) is 9.98 Å². The van der Waals surface area contributed by atoms with Crippen molar-refractivity contribution in [2.24, 2.45) is 15.7 Å². The van der Waals surface area contributed by atoms with Gasteiger partial charge in [-0.15, -0.1) is 0 Å². The molecule has 0 aromatic rings. The molecule has 9 nitrogen and oxygen atoms in total. The van der Waals surface area contributed by atoms with Crippen LogP contribution < -0.4 is 5.73 Å². The van der Waals surface area contributed by atoms with Crippen LogP contribution in [-0.2, 0) is 4.79 Å². The first-order valence-electron chi connectivity index (χ1n) is 9.67. The van der Waals surface area contributed by atoms with E-state index in [1.807, 2.05) is 13.1 Å². The Morgan fingerprint density at radius 3 is 2.41 bits per heavy atom. The summed E-state index contributed by atoms with van der Waals surface area (Å²) in [5, 5.41) is 27.3. The molecule has 1 fully saturated rings. The van der Waals surface area contributed by atoms with Gasteiger partial charge in [-0.25, -0.2) is 4.99 Å². The summed E-state index contributed by atoms with van der Waals surface area (Å²) in [5.74, 6) is -0.263. The van der Waals surface area contributed by atoms with E-state index in [4.69, 9.17) is 15.8 Å². The molecule has 1 rings (SSSR count). The van der Waals surface area contributed by atoms with Gasteiger partial charge >= 0.3 is 13.1 Å². The SMILES string of the molecule is CC/C=N\C(=NC)N1CCN(CCC(N)(CCCCB(O)O)C(=O)O)CC1. The fraction of sp³-hybridized carbons (Fsp3) is 0.824. The highest BCUT2D eigenvalue weighted by molar-refractivity contribution is 6.40. The third kappa shape index (κ3) is 8.38. The summed E-state index contributed by atoms with van der Waals surface area (Å²) in [6, 6.07) is 0. The van der Waals surface area contributed by atoms with E-state index in [0.717, 1.165) is 38.6 Å². The summed E-state index contributed by atoms with van der Waals surface area (Å²) in [6.45, 7) is 5.87. The van der Waals surface area contributed by atoms with Crippen molar-refractivity contribution in [2.45, 2.75) is 50.9 Å². The molecule has 0 radical (unpaired) electrons. The number of rotatable bonds is 10. The Morgan fingerprint density at radius 1 is 1.22 bits per heavy atom. The van der Waals surface area contributed by atoms with E-state index in [2.05, 4.69) is 19.8 Å². The van der Waals surface area contributed by atoms with Gasteiger partial charge in [-0.1, -0.05) is 19.8 Å². The summed E-state index contributed by atoms with van der Waals surface area (Å²) < 4.78 is 0. The number of unbranched alkanes of at least 4 members (excludes halogenated alkanes) is 1. The zero-order valence-corrected chi connectivity index (χ0v) is 16.5. The number of hydrogen-bond donors (Lipinski definition) is 4. The van der Waals surface area contributed by atoms with Crippen molar-refractivity contribution in [3.8, 4) is 0 Å². The largest absolute Gasteiger partial charge is 0.480 e. The van der Waals surface area contributed by atoms with E-state index >= 15 is 0 Å². The van der Waals surface area contributed by atoms with Gasteiger partial charge in [-0.05, 0) is 25.6 Å². The monoisotopic (exact) mass is 383 g/mol. The number of hydrogen-bond acceptors (Lipinski definition) is 6. The number of aliphatic imine (C=N–C) groups is 2. The van der Waals surface area contributed by atoms with Crippen LogP contribution in [0.4, 0.5) is 0 Å². The van der Waals surface area contributed by atoms with Gasteiger partial charge in [0.15, 0.2) is 0 Å². The van der Waals surface area contributed by atoms with Gasteiger partial charge in [0.2, 0.25) is 5.96 Å². The molecule has 1 atom stereocenters. The minimum Gasteiger partial charge on any atom is -0.480 e. The van der Waals surface area contributed by atoms with Crippen molar-refractivity contribution in [2.75, 3.05) is 39.8 Å². The molecule has 5 N–H and O–H groups in total. The summed E-state index contributed by atoms with van der Waals surface area (Å²) >= 11 is 0. The lowest BCUT2D eigenvalue weighted by molar-refractivity contribution is -0.144. The minimum atomic E-state index is -1.35. The van der Waals surface area contributed by atoms with Gasteiger partial charge < -0.3 is 25.8 Å². The second-order valence-electron chi connectivity index (χ2n) is 7.01. The Hall–Kier alpha value is -1.49. The summed E-state index contributed by atoms with van der Waals surface area (Å²) in [6.07, 6.45) is 4.74. The standard InChI is InChI=1S/C17H34BN5O4/c1-3-9-21-16(20-2)23-13-11-22(12-14-23)10-7-17(19,15(24)25)6-4-5-8-18(26)27/h9,26-27H,3-8,10-14,19H2,1-2H3,(H,24,25)/b20-16?,21-9-. The van der Waals surface area contributed by atoms with Crippen molar-refractivity contribution in [3.63, 3.8) is 0 Å². The van der Waals surface area contributed by atoms with E-state index < -0.39 is 18.6 Å². The Balaban J connectivity index is 2.45. The zero-order valence-electron chi connectivity index (χ0n) is 16.5. The van der Waals surface area contributed by atoms with Gasteiger partial charge in [0.1, 0.15) is 5.54 Å². The Bertz CT molecular complexity index is 510. The van der Waals surface area contributed by atoms with E-state index in [1.165, 1.54) is 0 Å². The molecule has 1 unspecified atom stereocenters. The maximum atomic E-state index is 11.6. The van der Waals surface area contributed by atoms with Gasteiger partial charge in [0.25, 0.3) is 0 Å². The topological polar surface area (TPSA) is 135 Å². The maximum Gasteiger partial charge on any atom is 0.451 e. The number of guanidine groups is 1. The predicted molar refractivity (Wildman–Crippen MR) is 108 cm³/mol. The molecule has 0 aliphatic carbocycles. The van der Waals surface area contributed by atoms with Crippen molar-refractivity contribution in [1.29, 1.82) is 0 Å². The fourth-order valence-corrected chi connectivity index (χ4v) is 3.09. The van der Waals surface area contributed by atoms with Crippen molar-refractivity contribution < 1.29 is 19.9 Å². The number of carbonyl (C=O) groups is 1. The van der Waals surface area contributed by atoms with Crippen LogP contribution in [-0.4, -0.2) is 95.5 Å². The molecule has 0 saturated carbocycles. The van der Waals surface area contributed by atoms with Gasteiger partial charge in [-0.2, -0.15) is 0 Å². The van der Waals surface area contributed by atoms with Crippen molar-refractivity contribution in [3.05, 3.63) is 0 Å². The average Bonchev–Trinajstić information content (AvgIpc) is 2.65. The van der Waals surface area contributed by atoms with E-state index in [-0.39, 0.29) is 6.32 Å². The lowest BCUT2D eigenvalue weighted by atomic mass is 9.81. The molecule has 0 amide bonds. The minimum absolute atomic E-state index is 0.236. The van der Waals surface area contributed by atoms with E-state index in [0.29, 0.717) is 32.2 Å². The van der Waals surface area contributed by atoms with Gasteiger partial charge in [0.05, 0.1) is 0 Å². The maximum absolute atomic E-state index is 11.6. The molecule has 0 aromatic carbocycles. The number of piperazine rings is 1. The lowest BCUT2D eigenvalue weighted by Gasteiger charge is -2.36. The van der Waals surface area contributed by atoms with Crippen LogP contribution in [0.2, 0.25) is 6.32 Å². The number of nitrogens with zero attached hydrogens (tertiary/aromatic N) is 4. The molecular formula is C17H34BN5O4. The highest BCUT2D eigenvalue weighted by atomic mass is 16.4. The van der Waals surface area contributed by atoms with E-state index in [9.17, 15) is 9.90 Å². The first kappa shape index (κ1) is 23.6. The van der Waals surface area contributed by atoms with Crippen LogP contribution in [0.1, 0.15) is 39.0 Å². The first-order valence-corrected chi connectivity index (χ1v) is 9.67. The lowest BCUT2D eigenvalue weighted by Crippen LogP contribution is -2.53. The number of carboxylic acid groups (broad SMARTS) is 1.